The summed E-state index contributed by atoms with van der Waals surface area (Å²) in [6.45, 7) is 5.81. The van der Waals surface area contributed by atoms with Crippen molar-refractivity contribution in [3.63, 3.8) is 0 Å². The molecule has 0 aliphatic carbocycles. The van der Waals surface area contributed by atoms with E-state index in [0.717, 1.165) is 31.8 Å². The van der Waals surface area contributed by atoms with Gasteiger partial charge in [-0.3, -0.25) is 4.79 Å². The van der Waals surface area contributed by atoms with Crippen molar-refractivity contribution >= 4 is 18.3 Å². The number of nitrogens with one attached hydrogen (secondary N) is 1. The maximum atomic E-state index is 12.3. The Morgan fingerprint density at radius 3 is 2.62 bits per heavy atom. The molecule has 1 atom stereocenters. The average Bonchev–Trinajstić information content (AvgIpc) is 2.60. The van der Waals surface area contributed by atoms with E-state index in [2.05, 4.69) is 12.2 Å². The summed E-state index contributed by atoms with van der Waals surface area (Å²) < 4.78 is 5.67. The van der Waals surface area contributed by atoms with Crippen molar-refractivity contribution in [2.24, 2.45) is 11.8 Å². The molecule has 0 spiro atoms. The normalized spacial score (nSPS) is 16.1. The van der Waals surface area contributed by atoms with Crippen molar-refractivity contribution in [1.29, 1.82) is 0 Å². The summed E-state index contributed by atoms with van der Waals surface area (Å²) in [6.07, 6.45) is 3.92. The van der Waals surface area contributed by atoms with Crippen LogP contribution in [0.4, 0.5) is 0 Å². The smallest absolute Gasteiger partial charge is 0.222 e. The fourth-order valence-corrected chi connectivity index (χ4v) is 3.14. The van der Waals surface area contributed by atoms with Gasteiger partial charge in [-0.25, -0.2) is 0 Å². The molecule has 1 aromatic carbocycles. The quantitative estimate of drug-likeness (QED) is 0.728. The van der Waals surface area contributed by atoms with Crippen LogP contribution in [0.25, 0.3) is 0 Å². The van der Waals surface area contributed by atoms with Gasteiger partial charge in [-0.15, -0.1) is 12.4 Å². The van der Waals surface area contributed by atoms with E-state index in [0.29, 0.717) is 24.9 Å². The summed E-state index contributed by atoms with van der Waals surface area (Å²) in [7, 11) is 1.90. The minimum atomic E-state index is 0. The molecule has 0 bridgehead atoms. The lowest BCUT2D eigenvalue weighted by atomic mass is 9.84. The second-order valence-corrected chi connectivity index (χ2v) is 6.60. The number of benzene rings is 1. The molecule has 1 N–H and O–H groups in total. The molecule has 1 saturated heterocycles. The third-order valence-electron chi connectivity index (χ3n) is 4.76. The molecular formula is C19H31ClN2O2. The highest BCUT2D eigenvalue weighted by Gasteiger charge is 2.23. The summed E-state index contributed by atoms with van der Waals surface area (Å²) in [5.74, 6) is 2.32. The first-order chi connectivity index (χ1) is 11.2. The summed E-state index contributed by atoms with van der Waals surface area (Å²) in [6, 6.07) is 9.81. The van der Waals surface area contributed by atoms with Crippen LogP contribution in [0.15, 0.2) is 30.3 Å². The largest absolute Gasteiger partial charge is 0.494 e. The Balaban J connectivity index is 0.00000288. The molecule has 1 aliphatic rings. The van der Waals surface area contributed by atoms with E-state index in [1.165, 1.54) is 12.8 Å². The standard InChI is InChI=1S/C19H30N2O2.ClH/c1-16(17-9-11-20-12-10-17)15-19(22)21(2)13-6-14-23-18-7-4-3-5-8-18;/h3-5,7-8,16-17,20H,6,9-15H2,1-2H3;1H. The highest BCUT2D eigenvalue weighted by atomic mass is 35.5. The van der Waals surface area contributed by atoms with Gasteiger partial charge in [-0.05, 0) is 56.3 Å². The molecule has 1 amide bonds. The summed E-state index contributed by atoms with van der Waals surface area (Å²) >= 11 is 0. The first-order valence-electron chi connectivity index (χ1n) is 8.79. The average molecular weight is 355 g/mol. The van der Waals surface area contributed by atoms with E-state index in [1.54, 1.807) is 0 Å². The van der Waals surface area contributed by atoms with Crippen molar-refractivity contribution < 1.29 is 9.53 Å². The van der Waals surface area contributed by atoms with Gasteiger partial charge in [-0.2, -0.15) is 0 Å². The third-order valence-corrected chi connectivity index (χ3v) is 4.76. The van der Waals surface area contributed by atoms with Gasteiger partial charge in [0.25, 0.3) is 0 Å². The van der Waals surface area contributed by atoms with Crippen LogP contribution >= 0.6 is 12.4 Å². The number of hydrogen-bond donors (Lipinski definition) is 1. The molecule has 1 fully saturated rings. The molecule has 24 heavy (non-hydrogen) atoms. The molecule has 136 valence electrons. The number of amides is 1. The van der Waals surface area contributed by atoms with Crippen LogP contribution in [0.3, 0.4) is 0 Å². The molecule has 2 rings (SSSR count). The van der Waals surface area contributed by atoms with Crippen LogP contribution in [-0.4, -0.2) is 44.1 Å². The van der Waals surface area contributed by atoms with E-state index in [1.807, 2.05) is 42.3 Å². The van der Waals surface area contributed by atoms with Gasteiger partial charge in [0.15, 0.2) is 0 Å². The molecule has 4 nitrogen and oxygen atoms in total. The second kappa shape index (κ2) is 11.3. The minimum absolute atomic E-state index is 0. The predicted molar refractivity (Wildman–Crippen MR) is 101 cm³/mol. The zero-order valence-electron chi connectivity index (χ0n) is 14.9. The molecule has 1 aliphatic heterocycles. The van der Waals surface area contributed by atoms with Crippen LogP contribution in [-0.2, 0) is 4.79 Å². The van der Waals surface area contributed by atoms with Crippen molar-refractivity contribution in [1.82, 2.24) is 10.2 Å². The number of para-hydroxylation sites is 1. The molecule has 5 heteroatoms. The fourth-order valence-electron chi connectivity index (χ4n) is 3.14. The number of carbonyl (C=O) groups excluding carboxylic acids is 1. The van der Waals surface area contributed by atoms with Gasteiger partial charge in [0.2, 0.25) is 5.91 Å². The number of carbonyl (C=O) groups is 1. The van der Waals surface area contributed by atoms with Crippen molar-refractivity contribution in [2.45, 2.75) is 32.6 Å². The van der Waals surface area contributed by atoms with E-state index < -0.39 is 0 Å². The van der Waals surface area contributed by atoms with E-state index in [4.69, 9.17) is 4.74 Å². The first-order valence-corrected chi connectivity index (χ1v) is 8.79. The summed E-state index contributed by atoms with van der Waals surface area (Å²) in [5, 5.41) is 3.38. The molecule has 0 aromatic heterocycles. The predicted octanol–water partition coefficient (Wildman–Crippen LogP) is 3.36. The highest BCUT2D eigenvalue weighted by molar-refractivity contribution is 5.85. The van der Waals surface area contributed by atoms with Gasteiger partial charge in [-0.1, -0.05) is 25.1 Å². The van der Waals surface area contributed by atoms with Gasteiger partial charge in [0.1, 0.15) is 5.75 Å². The Morgan fingerprint density at radius 1 is 1.29 bits per heavy atom. The molecular weight excluding hydrogens is 324 g/mol. The van der Waals surface area contributed by atoms with Crippen molar-refractivity contribution in [3.8, 4) is 5.75 Å². The fraction of sp³-hybridized carbons (Fsp3) is 0.632. The Labute approximate surface area is 152 Å². The SMILES string of the molecule is CC(CC(=O)N(C)CCCOc1ccccc1)C1CCNCC1.Cl. The van der Waals surface area contributed by atoms with Crippen LogP contribution in [0.2, 0.25) is 0 Å². The molecule has 0 saturated carbocycles. The topological polar surface area (TPSA) is 41.6 Å². The van der Waals surface area contributed by atoms with Gasteiger partial charge < -0.3 is 15.0 Å². The Hall–Kier alpha value is -1.26. The Morgan fingerprint density at radius 2 is 1.96 bits per heavy atom. The lowest BCUT2D eigenvalue weighted by molar-refractivity contribution is -0.131. The molecule has 1 heterocycles. The maximum Gasteiger partial charge on any atom is 0.222 e. The lowest BCUT2D eigenvalue weighted by Gasteiger charge is -2.29. The molecule has 1 unspecified atom stereocenters. The minimum Gasteiger partial charge on any atom is -0.494 e. The zero-order valence-corrected chi connectivity index (χ0v) is 15.7. The first kappa shape index (κ1) is 20.8. The summed E-state index contributed by atoms with van der Waals surface area (Å²) in [5.41, 5.74) is 0. The number of rotatable bonds is 8. The van der Waals surface area contributed by atoms with E-state index in [-0.39, 0.29) is 18.3 Å². The Bertz CT molecular complexity index is 464. The van der Waals surface area contributed by atoms with Crippen LogP contribution in [0.1, 0.15) is 32.6 Å². The van der Waals surface area contributed by atoms with Gasteiger partial charge in [0, 0.05) is 20.0 Å². The maximum absolute atomic E-state index is 12.3. The molecule has 1 aromatic rings. The van der Waals surface area contributed by atoms with Crippen LogP contribution in [0, 0.1) is 11.8 Å². The van der Waals surface area contributed by atoms with Crippen LogP contribution in [0.5, 0.6) is 5.75 Å². The van der Waals surface area contributed by atoms with Gasteiger partial charge >= 0.3 is 0 Å². The Kier molecular flexibility index (Phi) is 9.80. The van der Waals surface area contributed by atoms with Crippen LogP contribution < -0.4 is 10.1 Å². The number of halogens is 1. The van der Waals surface area contributed by atoms with Crippen molar-refractivity contribution in [2.75, 3.05) is 33.3 Å². The number of hydrogen-bond acceptors (Lipinski definition) is 3. The third kappa shape index (κ3) is 7.10. The number of ether oxygens (including phenoxy) is 1. The lowest BCUT2D eigenvalue weighted by Crippen LogP contribution is -2.34. The highest BCUT2D eigenvalue weighted by Crippen LogP contribution is 2.24. The summed E-state index contributed by atoms with van der Waals surface area (Å²) in [4.78, 5) is 14.2. The number of piperidine rings is 1. The second-order valence-electron chi connectivity index (χ2n) is 6.60. The number of nitrogens with zero attached hydrogens (tertiary/aromatic N) is 1. The zero-order chi connectivity index (χ0) is 16.5. The van der Waals surface area contributed by atoms with Crippen molar-refractivity contribution in [3.05, 3.63) is 30.3 Å². The molecule has 0 radical (unpaired) electrons. The monoisotopic (exact) mass is 354 g/mol. The van der Waals surface area contributed by atoms with E-state index >= 15 is 0 Å². The van der Waals surface area contributed by atoms with Gasteiger partial charge in [0.05, 0.1) is 6.61 Å². The van der Waals surface area contributed by atoms with E-state index in [9.17, 15) is 4.79 Å².